The average Bonchev–Trinajstić information content (AvgIpc) is 3.46. The van der Waals surface area contributed by atoms with E-state index in [1.54, 1.807) is 0 Å². The third kappa shape index (κ3) is 66.4. The maximum absolute atomic E-state index is 12.9. The molecule has 0 aromatic rings. The molecule has 1 atom stereocenters. The molecule has 0 bridgehead atoms. The predicted octanol–water partition coefficient (Wildman–Crippen LogP) is 24.7. The van der Waals surface area contributed by atoms with E-state index in [4.69, 9.17) is 14.2 Å². The van der Waals surface area contributed by atoms with Crippen molar-refractivity contribution in [1.82, 2.24) is 0 Å². The molecule has 0 fully saturated rings. The summed E-state index contributed by atoms with van der Waals surface area (Å²) in [6.45, 7) is 6.63. The van der Waals surface area contributed by atoms with Gasteiger partial charge in [-0.25, -0.2) is 0 Å². The molecular weight excluding hydrogens is 985 g/mol. The number of hydrogen-bond acceptors (Lipinski definition) is 6. The van der Waals surface area contributed by atoms with E-state index in [1.165, 1.54) is 289 Å². The maximum Gasteiger partial charge on any atom is 0.306 e. The lowest BCUT2D eigenvalue weighted by molar-refractivity contribution is -0.167. The summed E-state index contributed by atoms with van der Waals surface area (Å²) in [7, 11) is 0. The van der Waals surface area contributed by atoms with Crippen molar-refractivity contribution in [2.45, 2.75) is 406 Å². The number of hydrogen-bond donors (Lipinski definition) is 0. The van der Waals surface area contributed by atoms with Crippen LogP contribution in [0.2, 0.25) is 0 Å². The number of unbranched alkanes of at least 4 members (excludes halogenated alkanes) is 50. The third-order valence-electron chi connectivity index (χ3n) is 16.4. The fourth-order valence-corrected chi connectivity index (χ4v) is 11.0. The van der Waals surface area contributed by atoms with Crippen molar-refractivity contribution in [3.8, 4) is 0 Å². The Balaban J connectivity index is 3.96. The molecule has 0 aromatic heterocycles. The van der Waals surface area contributed by atoms with Crippen molar-refractivity contribution < 1.29 is 28.6 Å². The quantitative estimate of drug-likeness (QED) is 0.0261. The Kier molecular flexibility index (Phi) is 67.1. The molecule has 6 heteroatoms. The van der Waals surface area contributed by atoms with Crippen LogP contribution in [0.1, 0.15) is 400 Å². The second-order valence-electron chi connectivity index (χ2n) is 24.5. The van der Waals surface area contributed by atoms with Crippen LogP contribution in [0.5, 0.6) is 0 Å². The molecule has 0 saturated carbocycles. The Morgan fingerprint density at radius 1 is 0.250 bits per heavy atom. The minimum absolute atomic E-state index is 0.0690. The van der Waals surface area contributed by atoms with E-state index in [-0.39, 0.29) is 31.1 Å². The molecule has 0 N–H and O–H groups in total. The largest absolute Gasteiger partial charge is 0.462 e. The van der Waals surface area contributed by atoms with Crippen LogP contribution < -0.4 is 0 Å². The SMILES string of the molecule is CCCCCCC/C=C\C/C=C\C/C=C\CCCCCCCCCCCCC(=O)OC(COC(=O)CCCCCCCC)COC(=O)CCCCCCCCCCCCCCCCCCCCCCCCCCCCCCCCC. The molecule has 0 aliphatic carbocycles. The minimum Gasteiger partial charge on any atom is -0.462 e. The van der Waals surface area contributed by atoms with Gasteiger partial charge in [-0.15, -0.1) is 0 Å². The summed E-state index contributed by atoms with van der Waals surface area (Å²) in [5.74, 6) is -0.858. The second-order valence-corrected chi connectivity index (χ2v) is 24.5. The lowest BCUT2D eigenvalue weighted by atomic mass is 10.0. The van der Waals surface area contributed by atoms with Crippen LogP contribution in [0.25, 0.3) is 0 Å². The number of esters is 3. The van der Waals surface area contributed by atoms with Gasteiger partial charge in [-0.1, -0.05) is 359 Å². The second kappa shape index (κ2) is 69.1. The molecule has 0 spiro atoms. The van der Waals surface area contributed by atoms with Crippen LogP contribution in [0.4, 0.5) is 0 Å². The lowest BCUT2D eigenvalue weighted by Gasteiger charge is -2.18. The number of ether oxygens (including phenoxy) is 3. The molecule has 470 valence electrons. The van der Waals surface area contributed by atoms with Crippen molar-refractivity contribution in [2.24, 2.45) is 0 Å². The zero-order valence-corrected chi connectivity index (χ0v) is 54.1. The third-order valence-corrected chi connectivity index (χ3v) is 16.4. The van der Waals surface area contributed by atoms with E-state index in [9.17, 15) is 14.4 Å². The zero-order chi connectivity index (χ0) is 57.8. The average molecular weight is 1120 g/mol. The standard InChI is InChI=1S/C74H138O6/c1-4-7-10-13-16-18-20-22-24-26-28-30-32-34-35-36-37-38-39-41-42-44-46-48-50-52-54-56-58-61-64-67-73(76)79-70-71(69-78-72(75)66-63-60-15-12-9-6-3)80-74(77)68-65-62-59-57-55-53-51-49-47-45-43-40-33-31-29-27-25-23-21-19-17-14-11-8-5-2/h21,23,27,29,33,40,71H,4-20,22,24-26,28,30-32,34-39,41-70H2,1-3H3/b23-21-,29-27-,40-33-. The van der Waals surface area contributed by atoms with Gasteiger partial charge in [0.25, 0.3) is 0 Å². The first-order chi connectivity index (χ1) is 39.5. The highest BCUT2D eigenvalue weighted by molar-refractivity contribution is 5.71. The summed E-state index contributed by atoms with van der Waals surface area (Å²) in [5.41, 5.74) is 0. The van der Waals surface area contributed by atoms with Crippen LogP contribution in [-0.4, -0.2) is 37.2 Å². The molecule has 0 saturated heterocycles. The molecule has 0 amide bonds. The molecule has 80 heavy (non-hydrogen) atoms. The first kappa shape index (κ1) is 77.6. The Morgan fingerprint density at radius 3 is 0.700 bits per heavy atom. The van der Waals surface area contributed by atoms with Crippen LogP contribution in [0.3, 0.4) is 0 Å². The molecule has 1 unspecified atom stereocenters. The highest BCUT2D eigenvalue weighted by Gasteiger charge is 2.19. The monoisotopic (exact) mass is 1120 g/mol. The zero-order valence-electron chi connectivity index (χ0n) is 54.1. The van der Waals surface area contributed by atoms with E-state index in [2.05, 4.69) is 57.2 Å². The van der Waals surface area contributed by atoms with Crippen molar-refractivity contribution in [3.05, 3.63) is 36.5 Å². The van der Waals surface area contributed by atoms with Crippen LogP contribution in [-0.2, 0) is 28.6 Å². The van der Waals surface area contributed by atoms with Crippen molar-refractivity contribution in [2.75, 3.05) is 13.2 Å². The summed E-state index contributed by atoms with van der Waals surface area (Å²) in [6.07, 6.45) is 86.6. The van der Waals surface area contributed by atoms with E-state index in [1.807, 2.05) is 0 Å². The fourth-order valence-electron chi connectivity index (χ4n) is 11.0. The van der Waals surface area contributed by atoms with Crippen molar-refractivity contribution in [1.29, 1.82) is 0 Å². The molecule has 0 aliphatic rings. The maximum atomic E-state index is 12.9. The van der Waals surface area contributed by atoms with E-state index < -0.39 is 6.10 Å². The smallest absolute Gasteiger partial charge is 0.306 e. The predicted molar refractivity (Wildman–Crippen MR) is 349 cm³/mol. The van der Waals surface area contributed by atoms with Gasteiger partial charge in [-0.2, -0.15) is 0 Å². The first-order valence-corrected chi connectivity index (χ1v) is 36.0. The van der Waals surface area contributed by atoms with Gasteiger partial charge in [-0.05, 0) is 57.8 Å². The molecule has 0 radical (unpaired) electrons. The Bertz CT molecular complexity index is 1340. The van der Waals surface area contributed by atoms with Crippen LogP contribution >= 0.6 is 0 Å². The normalized spacial score (nSPS) is 12.2. The Morgan fingerprint density at radius 2 is 0.450 bits per heavy atom. The van der Waals surface area contributed by atoms with Gasteiger partial charge >= 0.3 is 17.9 Å². The molecule has 6 nitrogen and oxygen atoms in total. The molecule has 0 aromatic carbocycles. The summed E-state index contributed by atoms with van der Waals surface area (Å²) in [4.78, 5) is 38.1. The molecule has 0 heterocycles. The van der Waals surface area contributed by atoms with E-state index in [0.717, 1.165) is 70.6 Å². The molecule has 0 aliphatic heterocycles. The van der Waals surface area contributed by atoms with Gasteiger partial charge in [0.05, 0.1) is 0 Å². The van der Waals surface area contributed by atoms with Gasteiger partial charge in [0.15, 0.2) is 6.10 Å². The van der Waals surface area contributed by atoms with Crippen molar-refractivity contribution >= 4 is 17.9 Å². The topological polar surface area (TPSA) is 78.9 Å². The first-order valence-electron chi connectivity index (χ1n) is 36.0. The summed E-state index contributed by atoms with van der Waals surface area (Å²) in [6, 6.07) is 0. The van der Waals surface area contributed by atoms with Crippen LogP contribution in [0.15, 0.2) is 36.5 Å². The summed E-state index contributed by atoms with van der Waals surface area (Å²) < 4.78 is 16.9. The Hall–Kier alpha value is -2.37. The van der Waals surface area contributed by atoms with Gasteiger partial charge in [0.1, 0.15) is 13.2 Å². The number of carbonyl (C=O) groups is 3. The van der Waals surface area contributed by atoms with Gasteiger partial charge < -0.3 is 14.2 Å². The van der Waals surface area contributed by atoms with Gasteiger partial charge in [-0.3, -0.25) is 14.4 Å². The van der Waals surface area contributed by atoms with Gasteiger partial charge in [0.2, 0.25) is 0 Å². The van der Waals surface area contributed by atoms with Crippen LogP contribution in [0, 0.1) is 0 Å². The number of carbonyl (C=O) groups excluding carboxylic acids is 3. The molecular formula is C74H138O6. The van der Waals surface area contributed by atoms with E-state index >= 15 is 0 Å². The highest BCUT2D eigenvalue weighted by Crippen LogP contribution is 2.19. The minimum atomic E-state index is -0.770. The molecule has 0 rings (SSSR count). The Labute approximate surface area is 499 Å². The van der Waals surface area contributed by atoms with Crippen molar-refractivity contribution in [3.63, 3.8) is 0 Å². The summed E-state index contributed by atoms with van der Waals surface area (Å²) in [5, 5.41) is 0. The number of rotatable bonds is 67. The van der Waals surface area contributed by atoms with Gasteiger partial charge in [0, 0.05) is 19.3 Å². The highest BCUT2D eigenvalue weighted by atomic mass is 16.6. The number of allylic oxidation sites excluding steroid dienone is 6. The van der Waals surface area contributed by atoms with E-state index in [0.29, 0.717) is 19.3 Å². The lowest BCUT2D eigenvalue weighted by Crippen LogP contribution is -2.30. The fraction of sp³-hybridized carbons (Fsp3) is 0.878. The summed E-state index contributed by atoms with van der Waals surface area (Å²) >= 11 is 0.